The van der Waals surface area contributed by atoms with Gasteiger partial charge in [-0.1, -0.05) is 12.1 Å². The highest BCUT2D eigenvalue weighted by molar-refractivity contribution is 5.80. The second kappa shape index (κ2) is 9.21. The van der Waals surface area contributed by atoms with E-state index < -0.39 is 27.7 Å². The molecular weight excluding hydrogens is 372 g/mol. The predicted octanol–water partition coefficient (Wildman–Crippen LogP) is 3.45. The zero-order chi connectivity index (χ0) is 20.7. The Morgan fingerprint density at radius 3 is 1.89 bits per heavy atom. The van der Waals surface area contributed by atoms with Gasteiger partial charge in [0.2, 0.25) is 0 Å². The predicted molar refractivity (Wildman–Crippen MR) is 96.1 cm³/mol. The van der Waals surface area contributed by atoms with Crippen molar-refractivity contribution in [2.75, 3.05) is 0 Å². The molecule has 2 aromatic rings. The van der Waals surface area contributed by atoms with Crippen molar-refractivity contribution in [3.8, 4) is 5.75 Å². The largest absolute Gasteiger partial charge is 0.481 e. The lowest BCUT2D eigenvalue weighted by Gasteiger charge is -2.16. The molecule has 10 nitrogen and oxygen atoms in total. The number of ether oxygens (including phenoxy) is 1. The molecule has 1 N–H and O–H groups in total. The molecule has 0 radical (unpaired) electrons. The third-order valence-corrected chi connectivity index (χ3v) is 3.94. The SMILES string of the molecule is O=C(O)CCCC(C(=O)Oc1ccc([N+](=O)[O-])cc1)c1ccc([N+](=O)[O-])cc1. The average molecular weight is 388 g/mol. The van der Waals surface area contributed by atoms with Crippen molar-refractivity contribution in [2.24, 2.45) is 0 Å². The summed E-state index contributed by atoms with van der Waals surface area (Å²) in [6.45, 7) is 0. The van der Waals surface area contributed by atoms with Gasteiger partial charge in [-0.3, -0.25) is 29.8 Å². The van der Waals surface area contributed by atoms with Gasteiger partial charge in [0.05, 0.1) is 15.8 Å². The fourth-order valence-corrected chi connectivity index (χ4v) is 2.53. The Morgan fingerprint density at radius 1 is 0.929 bits per heavy atom. The van der Waals surface area contributed by atoms with Gasteiger partial charge in [0.25, 0.3) is 11.4 Å². The summed E-state index contributed by atoms with van der Waals surface area (Å²) in [6.07, 6.45) is 0.219. The highest BCUT2D eigenvalue weighted by Crippen LogP contribution is 2.27. The maximum Gasteiger partial charge on any atom is 0.318 e. The highest BCUT2D eigenvalue weighted by atomic mass is 16.6. The second-order valence-electron chi connectivity index (χ2n) is 5.86. The molecule has 28 heavy (non-hydrogen) atoms. The van der Waals surface area contributed by atoms with Gasteiger partial charge >= 0.3 is 11.9 Å². The minimum Gasteiger partial charge on any atom is -0.481 e. The Balaban J connectivity index is 2.18. The number of esters is 1. The number of carbonyl (C=O) groups is 2. The van der Waals surface area contributed by atoms with Crippen LogP contribution in [-0.4, -0.2) is 26.9 Å². The summed E-state index contributed by atoms with van der Waals surface area (Å²) < 4.78 is 5.26. The molecular formula is C18H16N2O8. The number of hydrogen-bond acceptors (Lipinski definition) is 7. The molecule has 1 unspecified atom stereocenters. The maximum absolute atomic E-state index is 12.6. The number of carbonyl (C=O) groups excluding carboxylic acids is 1. The lowest BCUT2D eigenvalue weighted by atomic mass is 9.93. The molecule has 2 rings (SSSR count). The number of carboxylic acids is 1. The molecule has 0 amide bonds. The molecule has 2 aromatic carbocycles. The van der Waals surface area contributed by atoms with Crippen LogP contribution in [0.3, 0.4) is 0 Å². The zero-order valence-corrected chi connectivity index (χ0v) is 14.5. The van der Waals surface area contributed by atoms with Crippen molar-refractivity contribution < 1.29 is 29.3 Å². The van der Waals surface area contributed by atoms with Gasteiger partial charge in [-0.05, 0) is 30.5 Å². The first kappa shape index (κ1) is 20.5. The first-order valence-electron chi connectivity index (χ1n) is 8.20. The van der Waals surface area contributed by atoms with Crippen molar-refractivity contribution >= 4 is 23.3 Å². The summed E-state index contributed by atoms with van der Waals surface area (Å²) in [5, 5.41) is 30.3. The molecule has 0 aliphatic carbocycles. The number of nitro groups is 2. The number of rotatable bonds is 9. The number of carboxylic acid groups (broad SMARTS) is 1. The summed E-state index contributed by atoms with van der Waals surface area (Å²) >= 11 is 0. The molecule has 0 heterocycles. The van der Waals surface area contributed by atoms with E-state index in [2.05, 4.69) is 0 Å². The summed E-state index contributed by atoms with van der Waals surface area (Å²) in [5.74, 6) is -2.43. The van der Waals surface area contributed by atoms with Crippen LogP contribution in [0.1, 0.15) is 30.7 Å². The van der Waals surface area contributed by atoms with E-state index in [-0.39, 0.29) is 36.4 Å². The maximum atomic E-state index is 12.6. The Bertz CT molecular complexity index is 877. The van der Waals surface area contributed by atoms with Gasteiger partial charge < -0.3 is 9.84 Å². The third kappa shape index (κ3) is 5.59. The Hall–Kier alpha value is -3.82. The topological polar surface area (TPSA) is 150 Å². The summed E-state index contributed by atoms with van der Waals surface area (Å²) in [4.78, 5) is 43.6. The van der Waals surface area contributed by atoms with Crippen LogP contribution in [0.25, 0.3) is 0 Å². The Morgan fingerprint density at radius 2 is 1.43 bits per heavy atom. The van der Waals surface area contributed by atoms with Crippen molar-refractivity contribution in [3.05, 3.63) is 74.3 Å². The smallest absolute Gasteiger partial charge is 0.318 e. The summed E-state index contributed by atoms with van der Waals surface area (Å²) in [7, 11) is 0. The number of aliphatic carboxylic acids is 1. The lowest BCUT2D eigenvalue weighted by molar-refractivity contribution is -0.385. The minimum atomic E-state index is -1.01. The lowest BCUT2D eigenvalue weighted by Crippen LogP contribution is -2.19. The van der Waals surface area contributed by atoms with E-state index in [9.17, 15) is 29.8 Å². The molecule has 0 fully saturated rings. The molecule has 0 saturated heterocycles. The van der Waals surface area contributed by atoms with E-state index in [0.29, 0.717) is 5.56 Å². The van der Waals surface area contributed by atoms with E-state index in [1.807, 2.05) is 0 Å². The molecule has 1 atom stereocenters. The van der Waals surface area contributed by atoms with Crippen LogP contribution in [-0.2, 0) is 9.59 Å². The van der Waals surface area contributed by atoms with Crippen molar-refractivity contribution in [1.82, 2.24) is 0 Å². The van der Waals surface area contributed by atoms with E-state index in [4.69, 9.17) is 9.84 Å². The zero-order valence-electron chi connectivity index (χ0n) is 14.5. The monoisotopic (exact) mass is 388 g/mol. The van der Waals surface area contributed by atoms with Gasteiger partial charge in [-0.25, -0.2) is 0 Å². The molecule has 0 bridgehead atoms. The van der Waals surface area contributed by atoms with E-state index >= 15 is 0 Å². The van der Waals surface area contributed by atoms with E-state index in [1.165, 1.54) is 48.5 Å². The number of nitro benzene ring substituents is 2. The van der Waals surface area contributed by atoms with E-state index in [0.717, 1.165) is 0 Å². The van der Waals surface area contributed by atoms with Crippen LogP contribution in [0.15, 0.2) is 48.5 Å². The van der Waals surface area contributed by atoms with Gasteiger partial charge in [-0.15, -0.1) is 0 Å². The number of hydrogen-bond donors (Lipinski definition) is 1. The third-order valence-electron chi connectivity index (χ3n) is 3.94. The quantitative estimate of drug-likeness (QED) is 0.297. The number of nitrogens with zero attached hydrogens (tertiary/aromatic N) is 2. The summed E-state index contributed by atoms with van der Waals surface area (Å²) in [6, 6.07) is 10.3. The Kier molecular flexibility index (Phi) is 6.74. The van der Waals surface area contributed by atoms with E-state index in [1.54, 1.807) is 0 Å². The summed E-state index contributed by atoms with van der Waals surface area (Å²) in [5.41, 5.74) is 0.146. The minimum absolute atomic E-state index is 0.0979. The van der Waals surface area contributed by atoms with Gasteiger partial charge in [0.15, 0.2) is 0 Å². The van der Waals surface area contributed by atoms with Gasteiger partial charge in [-0.2, -0.15) is 0 Å². The van der Waals surface area contributed by atoms with Crippen LogP contribution in [0.5, 0.6) is 5.75 Å². The van der Waals surface area contributed by atoms with Crippen LogP contribution >= 0.6 is 0 Å². The molecule has 10 heteroatoms. The molecule has 0 spiro atoms. The van der Waals surface area contributed by atoms with Crippen molar-refractivity contribution in [2.45, 2.75) is 25.2 Å². The molecule has 0 aliphatic rings. The van der Waals surface area contributed by atoms with Gasteiger partial charge in [0, 0.05) is 30.7 Å². The fraction of sp³-hybridized carbons (Fsp3) is 0.222. The first-order valence-corrected chi connectivity index (χ1v) is 8.20. The standard InChI is InChI=1S/C18H16N2O8/c21-17(22)3-1-2-16(12-4-6-13(7-5-12)19(24)25)18(23)28-15-10-8-14(9-11-15)20(26)27/h4-11,16H,1-3H2,(H,21,22). The number of non-ortho nitro benzene ring substituents is 2. The van der Waals surface area contributed by atoms with Crippen LogP contribution in [0.4, 0.5) is 11.4 Å². The van der Waals surface area contributed by atoms with Crippen molar-refractivity contribution in [1.29, 1.82) is 0 Å². The highest BCUT2D eigenvalue weighted by Gasteiger charge is 2.24. The first-order chi connectivity index (χ1) is 13.3. The Labute approximate surface area is 158 Å². The molecule has 146 valence electrons. The fourth-order valence-electron chi connectivity index (χ4n) is 2.53. The molecule has 0 saturated carbocycles. The van der Waals surface area contributed by atoms with Crippen LogP contribution in [0, 0.1) is 20.2 Å². The molecule has 0 aliphatic heterocycles. The molecule has 0 aromatic heterocycles. The second-order valence-corrected chi connectivity index (χ2v) is 5.86. The number of benzene rings is 2. The van der Waals surface area contributed by atoms with Crippen LogP contribution < -0.4 is 4.74 Å². The average Bonchev–Trinajstić information content (AvgIpc) is 2.65. The van der Waals surface area contributed by atoms with Crippen molar-refractivity contribution in [3.63, 3.8) is 0 Å². The normalized spacial score (nSPS) is 11.4. The van der Waals surface area contributed by atoms with Gasteiger partial charge in [0.1, 0.15) is 5.75 Å². The van der Waals surface area contributed by atoms with Crippen LogP contribution in [0.2, 0.25) is 0 Å².